The number of benzene rings is 1. The number of rotatable bonds is 16. The largest absolute Gasteiger partial charge is 0.444 e. The maximum atomic E-state index is 11.3. The van der Waals surface area contributed by atoms with E-state index in [9.17, 15) is 13.2 Å². The maximum absolute atomic E-state index is 11.3. The van der Waals surface area contributed by atoms with Crippen LogP contribution >= 0.6 is 0 Å². The monoisotopic (exact) mass is 674 g/mol. The summed E-state index contributed by atoms with van der Waals surface area (Å²) in [5.74, 6) is 0.359. The number of aryl methyl sites for hydroxylation is 1. The molecule has 0 radical (unpaired) electrons. The van der Waals surface area contributed by atoms with Crippen molar-refractivity contribution >= 4 is 22.2 Å². The SMILES string of the molecule is CC(C)=CCC/C(C)=C/CC/C(C)=C/C=O.CC(C)=CCC/C(C)=C/CC/C(C)=C/c1cnco1.[C-]#[N+]CS(=O)(=O)c1ccc(C)cc1. The van der Waals surface area contributed by atoms with E-state index in [4.69, 9.17) is 11.0 Å². The molecule has 262 valence electrons. The molecule has 1 aromatic carbocycles. The fourth-order valence-corrected chi connectivity index (χ4v) is 5.06. The van der Waals surface area contributed by atoms with Gasteiger partial charge in [-0.25, -0.2) is 20.0 Å². The van der Waals surface area contributed by atoms with Gasteiger partial charge in [-0.2, -0.15) is 0 Å². The van der Waals surface area contributed by atoms with E-state index in [2.05, 4.69) is 88.7 Å². The number of oxazole rings is 1. The number of nitrogens with zero attached hydrogens (tertiary/aromatic N) is 2. The van der Waals surface area contributed by atoms with Crippen molar-refractivity contribution in [3.8, 4) is 0 Å². The number of hydrogen-bond acceptors (Lipinski definition) is 5. The van der Waals surface area contributed by atoms with Gasteiger partial charge in [-0.05, 0) is 138 Å². The van der Waals surface area contributed by atoms with Crippen LogP contribution in [0.25, 0.3) is 10.9 Å². The first-order chi connectivity index (χ1) is 22.7. The number of carbonyl (C=O) groups is 1. The summed E-state index contributed by atoms with van der Waals surface area (Å²) in [7, 11) is -3.38. The summed E-state index contributed by atoms with van der Waals surface area (Å²) in [5, 5.41) is 0. The van der Waals surface area contributed by atoms with E-state index >= 15 is 0 Å². The van der Waals surface area contributed by atoms with Crippen LogP contribution < -0.4 is 0 Å². The summed E-state index contributed by atoms with van der Waals surface area (Å²) in [6, 6.07) is 6.49. The smallest absolute Gasteiger partial charge is 0.316 e. The second-order valence-corrected chi connectivity index (χ2v) is 14.5. The molecule has 0 N–H and O–H groups in total. The third kappa shape index (κ3) is 24.2. The Morgan fingerprint density at radius 1 is 0.750 bits per heavy atom. The third-order valence-corrected chi connectivity index (χ3v) is 8.51. The molecule has 0 amide bonds. The van der Waals surface area contributed by atoms with E-state index in [1.807, 2.05) is 13.8 Å². The summed E-state index contributed by atoms with van der Waals surface area (Å²) in [5.41, 5.74) is 9.19. The Morgan fingerprint density at radius 3 is 1.67 bits per heavy atom. The molecule has 0 saturated carbocycles. The van der Waals surface area contributed by atoms with Crippen molar-refractivity contribution in [3.63, 3.8) is 0 Å². The summed E-state index contributed by atoms with van der Waals surface area (Å²) in [6.45, 7) is 25.5. The zero-order chi connectivity index (χ0) is 36.4. The molecule has 0 unspecified atom stereocenters. The van der Waals surface area contributed by atoms with Gasteiger partial charge in [0.1, 0.15) is 12.0 Å². The molecular weight excluding hydrogens is 617 g/mol. The lowest BCUT2D eigenvalue weighted by molar-refractivity contribution is -0.104. The fraction of sp³-hybridized carbons (Fsp3) is 0.439. The Labute approximate surface area is 291 Å². The number of aldehydes is 1. The van der Waals surface area contributed by atoms with Gasteiger partial charge in [-0.3, -0.25) is 9.64 Å². The zero-order valence-electron chi connectivity index (χ0n) is 30.8. The highest BCUT2D eigenvalue weighted by Crippen LogP contribution is 2.15. The molecule has 6 nitrogen and oxygen atoms in total. The van der Waals surface area contributed by atoms with E-state index < -0.39 is 15.7 Å². The van der Waals surface area contributed by atoms with Crippen LogP contribution in [0, 0.1) is 13.5 Å². The summed E-state index contributed by atoms with van der Waals surface area (Å²) >= 11 is 0. The number of aromatic nitrogens is 1. The Kier molecular flexibility index (Phi) is 23.8. The first-order valence-electron chi connectivity index (χ1n) is 16.6. The third-order valence-electron chi connectivity index (χ3n) is 7.05. The summed E-state index contributed by atoms with van der Waals surface area (Å²) in [4.78, 5) is 17.2. The highest BCUT2D eigenvalue weighted by atomic mass is 32.2. The molecule has 1 heterocycles. The lowest BCUT2D eigenvalue weighted by Gasteiger charge is -2.00. The van der Waals surface area contributed by atoms with Crippen molar-refractivity contribution in [2.75, 3.05) is 5.88 Å². The van der Waals surface area contributed by atoms with Crippen molar-refractivity contribution in [2.24, 2.45) is 0 Å². The van der Waals surface area contributed by atoms with Crippen molar-refractivity contribution in [3.05, 3.63) is 123 Å². The molecule has 0 aliphatic carbocycles. The first kappa shape index (κ1) is 44.0. The average molecular weight is 675 g/mol. The second kappa shape index (κ2) is 26.0. The van der Waals surface area contributed by atoms with Gasteiger partial charge in [-0.15, -0.1) is 0 Å². The van der Waals surface area contributed by atoms with Crippen molar-refractivity contribution in [1.29, 1.82) is 0 Å². The number of allylic oxidation sites excluding steroid dienone is 11. The van der Waals surface area contributed by atoms with Crippen LogP contribution in [0.5, 0.6) is 0 Å². The van der Waals surface area contributed by atoms with Gasteiger partial charge in [0, 0.05) is 0 Å². The van der Waals surface area contributed by atoms with E-state index in [0.29, 0.717) is 0 Å². The molecule has 0 aliphatic rings. The van der Waals surface area contributed by atoms with Crippen LogP contribution in [-0.4, -0.2) is 25.6 Å². The number of carbonyl (C=O) groups excluding carboxylic acids is 1. The molecule has 0 bridgehead atoms. The van der Waals surface area contributed by atoms with Crippen LogP contribution in [0.1, 0.15) is 118 Å². The summed E-state index contributed by atoms with van der Waals surface area (Å²) in [6.07, 6.45) is 25.7. The van der Waals surface area contributed by atoms with Gasteiger partial charge in [0.05, 0.1) is 11.1 Å². The molecule has 0 saturated heterocycles. The number of sulfone groups is 1. The van der Waals surface area contributed by atoms with Crippen LogP contribution in [0.4, 0.5) is 0 Å². The molecule has 0 aliphatic heterocycles. The van der Waals surface area contributed by atoms with Gasteiger partial charge in [0.2, 0.25) is 0 Å². The highest BCUT2D eigenvalue weighted by molar-refractivity contribution is 7.91. The molecule has 0 atom stereocenters. The highest BCUT2D eigenvalue weighted by Gasteiger charge is 2.16. The molecule has 7 heteroatoms. The maximum Gasteiger partial charge on any atom is 0.316 e. The van der Waals surface area contributed by atoms with Crippen LogP contribution in [-0.2, 0) is 14.6 Å². The minimum atomic E-state index is -3.38. The molecule has 48 heavy (non-hydrogen) atoms. The van der Waals surface area contributed by atoms with E-state index in [1.54, 1.807) is 24.4 Å². The van der Waals surface area contributed by atoms with Crippen LogP contribution in [0.2, 0.25) is 0 Å². The van der Waals surface area contributed by atoms with Gasteiger partial charge in [-0.1, -0.05) is 75.4 Å². The van der Waals surface area contributed by atoms with Crippen molar-refractivity contribution in [1.82, 2.24) is 4.98 Å². The predicted octanol–water partition coefficient (Wildman–Crippen LogP) is 11.8. The number of hydrogen-bond donors (Lipinski definition) is 0. The Hall–Kier alpha value is -4.02. The van der Waals surface area contributed by atoms with Gasteiger partial charge in [0.25, 0.3) is 9.84 Å². The first-order valence-corrected chi connectivity index (χ1v) is 18.2. The van der Waals surface area contributed by atoms with E-state index in [-0.39, 0.29) is 4.90 Å². The van der Waals surface area contributed by atoms with Gasteiger partial charge >= 0.3 is 5.88 Å². The lowest BCUT2D eigenvalue weighted by atomic mass is 10.1. The Balaban J connectivity index is 0.000000703. The minimum absolute atomic E-state index is 0.217. The van der Waals surface area contributed by atoms with E-state index in [0.717, 1.165) is 74.5 Å². The quantitative estimate of drug-likeness (QED) is 0.0766. The Morgan fingerprint density at radius 2 is 1.23 bits per heavy atom. The van der Waals surface area contributed by atoms with Gasteiger partial charge in [0.15, 0.2) is 6.39 Å². The minimum Gasteiger partial charge on any atom is -0.444 e. The molecule has 1 aromatic heterocycles. The van der Waals surface area contributed by atoms with Crippen LogP contribution in [0.15, 0.2) is 110 Å². The van der Waals surface area contributed by atoms with E-state index in [1.165, 1.54) is 46.4 Å². The summed E-state index contributed by atoms with van der Waals surface area (Å²) < 4.78 is 27.9. The normalized spacial score (nSPS) is 12.1. The molecule has 2 aromatic rings. The molecule has 2 rings (SSSR count). The Bertz CT molecular complexity index is 1540. The van der Waals surface area contributed by atoms with Crippen LogP contribution in [0.3, 0.4) is 0 Å². The topological polar surface area (TPSA) is 81.6 Å². The zero-order valence-corrected chi connectivity index (χ0v) is 31.6. The molecule has 0 fully saturated rings. The van der Waals surface area contributed by atoms with Crippen molar-refractivity contribution < 1.29 is 17.6 Å². The average Bonchev–Trinajstić information content (AvgIpc) is 3.51. The lowest BCUT2D eigenvalue weighted by Crippen LogP contribution is -2.02. The standard InChI is InChI=1S/C17H25NO.C15H24O.C9H9NO2S/c1-14(2)7-5-8-15(3)9-6-10-16(4)11-17-12-18-13-19-17;1-13(2)7-5-8-14(3)9-6-10-15(4)11-12-16;1-8-3-5-9(6-4-8)13(11,12)7-10-2/h7,9,11-13H,5-6,8,10H2,1-4H3;7,9,11-12H,5-6,8,10H2,1-4H3;3-6H,7H2,1H3/b15-9+,16-11+;14-9+,15-11+;. The van der Waals surface area contributed by atoms with Crippen molar-refractivity contribution in [2.45, 2.75) is 119 Å². The van der Waals surface area contributed by atoms with Gasteiger partial charge < -0.3 is 4.42 Å². The molecular formula is C41H58N2O4S. The molecule has 0 spiro atoms. The fourth-order valence-electron chi connectivity index (χ4n) is 4.19. The predicted molar refractivity (Wildman–Crippen MR) is 203 cm³/mol. The second-order valence-electron chi connectivity index (χ2n) is 12.6.